The number of carbonyl (C=O) groups is 2. The SMILES string of the molecule is O=C1c2ccccc2[C@@H](C=NC2CC2)C(=O)N1c1cccc(C(F)(F)F)c1. The van der Waals surface area contributed by atoms with Crippen LogP contribution in [0.2, 0.25) is 0 Å². The molecular weight excluding hydrogens is 357 g/mol. The molecule has 27 heavy (non-hydrogen) atoms. The summed E-state index contributed by atoms with van der Waals surface area (Å²) in [5, 5.41) is 0. The van der Waals surface area contributed by atoms with Crippen LogP contribution in [0.3, 0.4) is 0 Å². The van der Waals surface area contributed by atoms with Gasteiger partial charge in [-0.1, -0.05) is 24.3 Å². The van der Waals surface area contributed by atoms with E-state index in [9.17, 15) is 22.8 Å². The average Bonchev–Trinajstić information content (AvgIpc) is 3.46. The van der Waals surface area contributed by atoms with Crippen LogP contribution in [0.15, 0.2) is 53.5 Å². The lowest BCUT2D eigenvalue weighted by Crippen LogP contribution is -2.45. The van der Waals surface area contributed by atoms with Gasteiger partial charge in [-0.2, -0.15) is 13.2 Å². The molecule has 0 unspecified atom stereocenters. The maximum Gasteiger partial charge on any atom is 0.416 e. The molecule has 1 aliphatic heterocycles. The second-order valence-electron chi connectivity index (χ2n) is 6.62. The Kier molecular flexibility index (Phi) is 4.09. The Labute approximate surface area is 153 Å². The fraction of sp³-hybridized carbons (Fsp3) is 0.250. The van der Waals surface area contributed by atoms with Gasteiger partial charge in [-0.15, -0.1) is 0 Å². The fourth-order valence-corrected chi connectivity index (χ4v) is 3.10. The number of hydrogen-bond acceptors (Lipinski definition) is 3. The van der Waals surface area contributed by atoms with E-state index in [0.717, 1.165) is 29.9 Å². The summed E-state index contributed by atoms with van der Waals surface area (Å²) in [6, 6.07) is 11.1. The summed E-state index contributed by atoms with van der Waals surface area (Å²) < 4.78 is 39.2. The molecule has 1 fully saturated rings. The van der Waals surface area contributed by atoms with Gasteiger partial charge in [-0.05, 0) is 42.7 Å². The van der Waals surface area contributed by atoms with Gasteiger partial charge in [0.1, 0.15) is 0 Å². The van der Waals surface area contributed by atoms with Gasteiger partial charge in [-0.25, -0.2) is 4.90 Å². The Hall–Kier alpha value is -2.96. The van der Waals surface area contributed by atoms with Gasteiger partial charge in [0.05, 0.1) is 17.2 Å². The van der Waals surface area contributed by atoms with E-state index < -0.39 is 29.5 Å². The number of benzene rings is 2. The number of alkyl halides is 3. The van der Waals surface area contributed by atoms with Crippen LogP contribution in [-0.4, -0.2) is 24.1 Å². The third kappa shape index (κ3) is 3.25. The minimum atomic E-state index is -4.57. The summed E-state index contributed by atoms with van der Waals surface area (Å²) in [7, 11) is 0. The highest BCUT2D eigenvalue weighted by atomic mass is 19.4. The summed E-state index contributed by atoms with van der Waals surface area (Å²) in [6.07, 6.45) is -1.14. The van der Waals surface area contributed by atoms with Crippen molar-refractivity contribution in [3.8, 4) is 0 Å². The highest BCUT2D eigenvalue weighted by Crippen LogP contribution is 2.36. The molecule has 0 radical (unpaired) electrons. The molecular formula is C20H15F3N2O2. The average molecular weight is 372 g/mol. The summed E-state index contributed by atoms with van der Waals surface area (Å²) in [5.41, 5.74) is -0.191. The first-order valence-electron chi connectivity index (χ1n) is 8.54. The van der Waals surface area contributed by atoms with Crippen LogP contribution in [0.25, 0.3) is 0 Å². The van der Waals surface area contributed by atoms with Gasteiger partial charge < -0.3 is 0 Å². The van der Waals surface area contributed by atoms with Gasteiger partial charge in [0, 0.05) is 17.8 Å². The number of rotatable bonds is 3. The van der Waals surface area contributed by atoms with Gasteiger partial charge >= 0.3 is 6.18 Å². The van der Waals surface area contributed by atoms with E-state index >= 15 is 0 Å². The molecule has 2 aliphatic rings. The first-order valence-corrected chi connectivity index (χ1v) is 8.54. The molecule has 1 aliphatic carbocycles. The lowest BCUT2D eigenvalue weighted by molar-refractivity contribution is -0.137. The summed E-state index contributed by atoms with van der Waals surface area (Å²) >= 11 is 0. The van der Waals surface area contributed by atoms with E-state index in [1.54, 1.807) is 24.3 Å². The topological polar surface area (TPSA) is 49.7 Å². The van der Waals surface area contributed by atoms with Crippen molar-refractivity contribution in [2.75, 3.05) is 4.90 Å². The molecule has 0 bridgehead atoms. The van der Waals surface area contributed by atoms with Crippen LogP contribution in [-0.2, 0) is 11.0 Å². The van der Waals surface area contributed by atoms with Crippen molar-refractivity contribution in [2.24, 2.45) is 4.99 Å². The number of halogens is 3. The maximum absolute atomic E-state index is 13.1. The number of imide groups is 1. The Morgan fingerprint density at radius 2 is 1.78 bits per heavy atom. The quantitative estimate of drug-likeness (QED) is 0.599. The zero-order valence-corrected chi connectivity index (χ0v) is 14.1. The Morgan fingerprint density at radius 1 is 1.04 bits per heavy atom. The van der Waals surface area contributed by atoms with Gasteiger partial charge in [0.25, 0.3) is 5.91 Å². The van der Waals surface area contributed by atoms with Crippen molar-refractivity contribution < 1.29 is 22.8 Å². The summed E-state index contributed by atoms with van der Waals surface area (Å²) in [5.74, 6) is -2.03. The number of anilines is 1. The molecule has 0 aromatic heterocycles. The Morgan fingerprint density at radius 3 is 2.48 bits per heavy atom. The lowest BCUT2D eigenvalue weighted by atomic mass is 9.88. The zero-order chi connectivity index (χ0) is 19.2. The van der Waals surface area contributed by atoms with Crippen molar-refractivity contribution >= 4 is 23.7 Å². The van der Waals surface area contributed by atoms with Gasteiger partial charge in [0.15, 0.2) is 0 Å². The van der Waals surface area contributed by atoms with Gasteiger partial charge in [0.2, 0.25) is 5.91 Å². The molecule has 138 valence electrons. The van der Waals surface area contributed by atoms with Crippen LogP contribution >= 0.6 is 0 Å². The molecule has 4 rings (SSSR count). The standard InChI is InChI=1S/C20H15F3N2O2/c21-20(22,23)12-4-3-5-14(10-12)25-18(26)16-7-2-1-6-15(16)17(19(25)27)11-24-13-8-9-13/h1-7,10-11,13,17H,8-9H2/t17-/m1/s1. The summed E-state index contributed by atoms with van der Waals surface area (Å²) in [4.78, 5) is 31.1. The maximum atomic E-state index is 13.1. The van der Waals surface area contributed by atoms with E-state index in [1.807, 2.05) is 0 Å². The van der Waals surface area contributed by atoms with Crippen LogP contribution < -0.4 is 4.90 Å². The molecule has 2 amide bonds. The molecule has 1 atom stereocenters. The molecule has 0 saturated heterocycles. The van der Waals surface area contributed by atoms with Crippen molar-refractivity contribution in [3.63, 3.8) is 0 Å². The monoisotopic (exact) mass is 372 g/mol. The highest BCUT2D eigenvalue weighted by Gasteiger charge is 2.40. The van der Waals surface area contributed by atoms with Gasteiger partial charge in [-0.3, -0.25) is 14.6 Å². The number of aliphatic imine (C=N–C) groups is 1. The molecule has 7 heteroatoms. The summed E-state index contributed by atoms with van der Waals surface area (Å²) in [6.45, 7) is 0. The van der Waals surface area contributed by atoms with Crippen LogP contribution in [0.1, 0.15) is 40.2 Å². The largest absolute Gasteiger partial charge is 0.416 e. The number of fused-ring (bicyclic) bond motifs is 1. The first kappa shape index (κ1) is 17.5. The van der Waals surface area contributed by atoms with E-state index in [1.165, 1.54) is 18.3 Å². The Balaban J connectivity index is 1.79. The number of amides is 2. The second-order valence-corrected chi connectivity index (χ2v) is 6.62. The predicted octanol–water partition coefficient (Wildman–Crippen LogP) is 4.21. The van der Waals surface area contributed by atoms with E-state index in [0.29, 0.717) is 11.1 Å². The molecule has 2 aromatic carbocycles. The van der Waals surface area contributed by atoms with Crippen molar-refractivity contribution in [2.45, 2.75) is 31.0 Å². The first-order chi connectivity index (χ1) is 12.9. The van der Waals surface area contributed by atoms with Crippen molar-refractivity contribution in [1.82, 2.24) is 0 Å². The molecule has 0 N–H and O–H groups in total. The fourth-order valence-electron chi connectivity index (χ4n) is 3.10. The normalized spacial score (nSPS) is 20.3. The second kappa shape index (κ2) is 6.33. The number of nitrogens with zero attached hydrogens (tertiary/aromatic N) is 2. The number of carbonyl (C=O) groups excluding carboxylic acids is 2. The Bertz CT molecular complexity index is 948. The third-order valence-electron chi connectivity index (χ3n) is 4.64. The molecule has 0 spiro atoms. The molecule has 4 nitrogen and oxygen atoms in total. The van der Waals surface area contributed by atoms with Crippen molar-refractivity contribution in [3.05, 3.63) is 65.2 Å². The predicted molar refractivity (Wildman–Crippen MR) is 94.0 cm³/mol. The minimum Gasteiger partial charge on any atom is -0.293 e. The zero-order valence-electron chi connectivity index (χ0n) is 14.1. The third-order valence-corrected chi connectivity index (χ3v) is 4.64. The van der Waals surface area contributed by atoms with E-state index in [-0.39, 0.29) is 11.7 Å². The minimum absolute atomic E-state index is 0.0980. The van der Waals surface area contributed by atoms with Crippen molar-refractivity contribution in [1.29, 1.82) is 0 Å². The number of hydrogen-bond donors (Lipinski definition) is 0. The molecule has 1 saturated carbocycles. The highest BCUT2D eigenvalue weighted by molar-refractivity contribution is 6.29. The van der Waals surface area contributed by atoms with E-state index in [2.05, 4.69) is 4.99 Å². The smallest absolute Gasteiger partial charge is 0.293 e. The van der Waals surface area contributed by atoms with Crippen LogP contribution in [0, 0.1) is 0 Å². The van der Waals surface area contributed by atoms with Crippen LogP contribution in [0.4, 0.5) is 18.9 Å². The van der Waals surface area contributed by atoms with Crippen LogP contribution in [0.5, 0.6) is 0 Å². The lowest BCUT2D eigenvalue weighted by Gasteiger charge is -2.31. The molecule has 1 heterocycles. The molecule has 2 aromatic rings. The van der Waals surface area contributed by atoms with E-state index in [4.69, 9.17) is 0 Å².